The molecule has 0 bridgehead atoms. The number of nitrogens with one attached hydrogen (secondary N) is 1. The molecule has 14 heavy (non-hydrogen) atoms. The third-order valence-corrected chi connectivity index (χ3v) is 2.13. The number of urea groups is 1. The monoisotopic (exact) mass is 198 g/mol. The molecule has 0 atom stereocenters. The molecule has 2 amide bonds. The normalized spacial score (nSPS) is 17.1. The van der Waals surface area contributed by atoms with Crippen LogP contribution in [0.4, 0.5) is 4.79 Å². The molecule has 1 rings (SSSR count). The van der Waals surface area contributed by atoms with Crippen molar-refractivity contribution in [3.63, 3.8) is 0 Å². The molecule has 0 unspecified atom stereocenters. The predicted octanol–water partition coefficient (Wildman–Crippen LogP) is 0.433. The number of hydrogen-bond acceptors (Lipinski definition) is 2. The second kappa shape index (κ2) is 4.64. The summed E-state index contributed by atoms with van der Waals surface area (Å²) in [6.45, 7) is 3.52. The van der Waals surface area contributed by atoms with Crippen molar-refractivity contribution >= 4 is 12.0 Å². The number of hydrogen-bond donors (Lipinski definition) is 2. The van der Waals surface area contributed by atoms with Crippen LogP contribution in [0.3, 0.4) is 0 Å². The Balaban J connectivity index is 2.30. The number of carbonyl (C=O) groups is 2. The molecule has 1 aliphatic heterocycles. The largest absolute Gasteiger partial charge is 0.478 e. The summed E-state index contributed by atoms with van der Waals surface area (Å²) in [7, 11) is 0. The summed E-state index contributed by atoms with van der Waals surface area (Å²) in [6, 6.07) is -0.0635. The van der Waals surface area contributed by atoms with Gasteiger partial charge in [-0.2, -0.15) is 0 Å². The molecule has 0 radical (unpaired) electrons. The van der Waals surface area contributed by atoms with Gasteiger partial charge in [0.15, 0.2) is 0 Å². The van der Waals surface area contributed by atoms with E-state index in [2.05, 4.69) is 5.32 Å². The molecule has 0 aromatic rings. The van der Waals surface area contributed by atoms with Gasteiger partial charge in [0, 0.05) is 25.2 Å². The maximum Gasteiger partial charge on any atom is 0.330 e. The Kier molecular flexibility index (Phi) is 3.50. The summed E-state index contributed by atoms with van der Waals surface area (Å²) < 4.78 is 0. The molecule has 0 spiro atoms. The Hall–Kier alpha value is -1.52. The molecule has 5 nitrogen and oxygen atoms in total. The molecule has 0 aliphatic carbocycles. The van der Waals surface area contributed by atoms with Gasteiger partial charge in [-0.3, -0.25) is 0 Å². The van der Waals surface area contributed by atoms with Gasteiger partial charge in [-0.05, 0) is 13.3 Å². The van der Waals surface area contributed by atoms with Crippen molar-refractivity contribution < 1.29 is 14.7 Å². The van der Waals surface area contributed by atoms with E-state index in [-0.39, 0.29) is 6.03 Å². The highest BCUT2D eigenvalue weighted by atomic mass is 16.4. The topological polar surface area (TPSA) is 69.6 Å². The lowest BCUT2D eigenvalue weighted by Gasteiger charge is -2.11. The molecule has 0 saturated carbocycles. The number of rotatable bonds is 4. The third kappa shape index (κ3) is 2.76. The number of carboxylic acid groups (broad SMARTS) is 1. The Morgan fingerprint density at radius 2 is 2.43 bits per heavy atom. The maximum absolute atomic E-state index is 11.1. The van der Waals surface area contributed by atoms with Gasteiger partial charge in [-0.15, -0.1) is 0 Å². The summed E-state index contributed by atoms with van der Waals surface area (Å²) in [4.78, 5) is 23.2. The molecule has 5 heteroatoms. The van der Waals surface area contributed by atoms with Crippen LogP contribution in [-0.4, -0.2) is 41.6 Å². The smallest absolute Gasteiger partial charge is 0.330 e. The molecular formula is C9H14N2O3. The first-order chi connectivity index (χ1) is 6.61. The second-order valence-electron chi connectivity index (χ2n) is 3.20. The van der Waals surface area contributed by atoms with E-state index in [1.54, 1.807) is 17.9 Å². The summed E-state index contributed by atoms with van der Waals surface area (Å²) in [5.74, 6) is -0.907. The number of aliphatic carboxylic acids is 1. The fourth-order valence-electron chi connectivity index (χ4n) is 1.25. The standard InChI is InChI=1S/C9H14N2O3/c1-7(8(12)13)3-2-5-11-6-4-10-9(11)14/h3H,2,4-6H2,1H3,(H,10,14)(H,12,13). The van der Waals surface area contributed by atoms with Crippen molar-refractivity contribution in [3.8, 4) is 0 Å². The SMILES string of the molecule is CC(=CCCN1CCNC1=O)C(=O)O. The first-order valence-electron chi connectivity index (χ1n) is 4.54. The van der Waals surface area contributed by atoms with Crippen LogP contribution in [0.5, 0.6) is 0 Å². The zero-order valence-electron chi connectivity index (χ0n) is 8.12. The van der Waals surface area contributed by atoms with Crippen LogP contribution in [-0.2, 0) is 4.79 Å². The third-order valence-electron chi connectivity index (χ3n) is 2.13. The van der Waals surface area contributed by atoms with Gasteiger partial charge in [0.05, 0.1) is 0 Å². The molecule has 1 aliphatic rings. The molecule has 1 heterocycles. The minimum absolute atomic E-state index is 0.0635. The quantitative estimate of drug-likeness (QED) is 0.644. The summed E-state index contributed by atoms with van der Waals surface area (Å²) >= 11 is 0. The van der Waals surface area contributed by atoms with Crippen LogP contribution in [0.1, 0.15) is 13.3 Å². The Labute approximate surface area is 82.4 Å². The van der Waals surface area contributed by atoms with Crippen LogP contribution in [0.25, 0.3) is 0 Å². The highest BCUT2D eigenvalue weighted by Crippen LogP contribution is 2.01. The zero-order valence-corrected chi connectivity index (χ0v) is 8.12. The van der Waals surface area contributed by atoms with Crippen LogP contribution >= 0.6 is 0 Å². The molecule has 1 saturated heterocycles. The van der Waals surface area contributed by atoms with E-state index >= 15 is 0 Å². The minimum Gasteiger partial charge on any atom is -0.478 e. The Bertz CT molecular complexity index is 273. The minimum atomic E-state index is -0.907. The van der Waals surface area contributed by atoms with Crippen molar-refractivity contribution in [2.24, 2.45) is 0 Å². The van der Waals surface area contributed by atoms with Gasteiger partial charge in [-0.25, -0.2) is 9.59 Å². The van der Waals surface area contributed by atoms with Crippen LogP contribution in [0, 0.1) is 0 Å². The van der Waals surface area contributed by atoms with Gasteiger partial charge in [-0.1, -0.05) is 6.08 Å². The molecule has 1 fully saturated rings. The van der Waals surface area contributed by atoms with E-state index in [4.69, 9.17) is 5.11 Å². The van der Waals surface area contributed by atoms with E-state index in [9.17, 15) is 9.59 Å². The van der Waals surface area contributed by atoms with E-state index in [1.165, 1.54) is 0 Å². The highest BCUT2D eigenvalue weighted by Gasteiger charge is 2.17. The lowest BCUT2D eigenvalue weighted by atomic mass is 10.2. The van der Waals surface area contributed by atoms with E-state index in [0.29, 0.717) is 31.6 Å². The number of amides is 2. The van der Waals surface area contributed by atoms with Gasteiger partial charge in [0.1, 0.15) is 0 Å². The van der Waals surface area contributed by atoms with Crippen molar-refractivity contribution in [2.45, 2.75) is 13.3 Å². The Morgan fingerprint density at radius 1 is 1.71 bits per heavy atom. The fourth-order valence-corrected chi connectivity index (χ4v) is 1.25. The summed E-state index contributed by atoms with van der Waals surface area (Å²) in [5, 5.41) is 11.2. The van der Waals surface area contributed by atoms with Crippen LogP contribution in [0.2, 0.25) is 0 Å². The van der Waals surface area contributed by atoms with Crippen LogP contribution in [0.15, 0.2) is 11.6 Å². The van der Waals surface area contributed by atoms with Gasteiger partial charge in [0.2, 0.25) is 0 Å². The van der Waals surface area contributed by atoms with Gasteiger partial charge >= 0.3 is 12.0 Å². The van der Waals surface area contributed by atoms with Crippen molar-refractivity contribution in [1.29, 1.82) is 0 Å². The Morgan fingerprint density at radius 3 is 2.93 bits per heavy atom. The van der Waals surface area contributed by atoms with E-state index in [0.717, 1.165) is 0 Å². The molecule has 0 aromatic carbocycles. The summed E-state index contributed by atoms with van der Waals surface area (Å²) in [5.41, 5.74) is 0.324. The van der Waals surface area contributed by atoms with Crippen molar-refractivity contribution in [2.75, 3.05) is 19.6 Å². The first-order valence-corrected chi connectivity index (χ1v) is 4.54. The lowest BCUT2D eigenvalue weighted by molar-refractivity contribution is -0.132. The fraction of sp³-hybridized carbons (Fsp3) is 0.556. The number of nitrogens with zero attached hydrogens (tertiary/aromatic N) is 1. The average molecular weight is 198 g/mol. The molecular weight excluding hydrogens is 184 g/mol. The van der Waals surface area contributed by atoms with Crippen LogP contribution < -0.4 is 5.32 Å². The zero-order chi connectivity index (χ0) is 10.6. The lowest BCUT2D eigenvalue weighted by Crippen LogP contribution is -2.28. The van der Waals surface area contributed by atoms with Gasteiger partial charge in [0.25, 0.3) is 0 Å². The number of carbonyl (C=O) groups excluding carboxylic acids is 1. The van der Waals surface area contributed by atoms with E-state index < -0.39 is 5.97 Å². The van der Waals surface area contributed by atoms with E-state index in [1.807, 2.05) is 0 Å². The second-order valence-corrected chi connectivity index (χ2v) is 3.20. The summed E-state index contributed by atoms with van der Waals surface area (Å²) in [6.07, 6.45) is 2.22. The molecule has 78 valence electrons. The molecule has 2 N–H and O–H groups in total. The maximum atomic E-state index is 11.1. The van der Waals surface area contributed by atoms with Crippen molar-refractivity contribution in [3.05, 3.63) is 11.6 Å². The van der Waals surface area contributed by atoms with Gasteiger partial charge < -0.3 is 15.3 Å². The first kappa shape index (κ1) is 10.6. The predicted molar refractivity (Wildman–Crippen MR) is 51.0 cm³/mol. The van der Waals surface area contributed by atoms with Crippen molar-refractivity contribution in [1.82, 2.24) is 10.2 Å². The number of carboxylic acids is 1. The molecule has 0 aromatic heterocycles. The average Bonchev–Trinajstić information content (AvgIpc) is 2.51. The highest BCUT2D eigenvalue weighted by molar-refractivity contribution is 5.85.